The van der Waals surface area contributed by atoms with Crippen LogP contribution in [-0.4, -0.2) is 18.1 Å². The van der Waals surface area contributed by atoms with Crippen molar-refractivity contribution in [2.75, 3.05) is 5.32 Å². The Hall–Kier alpha value is -3.34. The van der Waals surface area contributed by atoms with Crippen molar-refractivity contribution < 1.29 is 14.3 Å². The number of nitrogens with one attached hydrogen (secondary N) is 2. The number of rotatable bonds is 5. The average molecular weight is 376 g/mol. The molecular formula is C23H24N2O3. The van der Waals surface area contributed by atoms with E-state index < -0.39 is 12.1 Å². The van der Waals surface area contributed by atoms with Crippen LogP contribution in [0, 0.1) is 6.92 Å². The highest BCUT2D eigenvalue weighted by atomic mass is 16.6. The fourth-order valence-electron chi connectivity index (χ4n) is 3.05. The molecule has 0 saturated heterocycles. The van der Waals surface area contributed by atoms with Crippen LogP contribution in [0.15, 0.2) is 66.7 Å². The lowest BCUT2D eigenvalue weighted by molar-refractivity contribution is -0.118. The van der Waals surface area contributed by atoms with Gasteiger partial charge in [-0.2, -0.15) is 0 Å². The SMILES string of the molecule is Cc1ccc2ccccc2c1NC(=O)C(NC(=O)OC(C)C)c1ccccc1. The summed E-state index contributed by atoms with van der Waals surface area (Å²) in [5, 5.41) is 7.67. The molecule has 3 aromatic carbocycles. The minimum absolute atomic E-state index is 0.278. The summed E-state index contributed by atoms with van der Waals surface area (Å²) in [5.74, 6) is -0.327. The van der Waals surface area contributed by atoms with Crippen molar-refractivity contribution in [3.63, 3.8) is 0 Å². The molecule has 2 N–H and O–H groups in total. The fourth-order valence-corrected chi connectivity index (χ4v) is 3.05. The summed E-state index contributed by atoms with van der Waals surface area (Å²) in [7, 11) is 0. The Bertz CT molecular complexity index is 984. The molecule has 1 atom stereocenters. The number of amides is 2. The van der Waals surface area contributed by atoms with Gasteiger partial charge >= 0.3 is 6.09 Å². The van der Waals surface area contributed by atoms with Crippen molar-refractivity contribution in [3.05, 3.63) is 77.9 Å². The predicted molar refractivity (Wildman–Crippen MR) is 111 cm³/mol. The molecule has 5 nitrogen and oxygen atoms in total. The summed E-state index contributed by atoms with van der Waals surface area (Å²) in [4.78, 5) is 25.3. The second-order valence-electron chi connectivity index (χ2n) is 6.91. The van der Waals surface area contributed by atoms with Gasteiger partial charge in [0.2, 0.25) is 0 Å². The molecule has 0 aromatic heterocycles. The van der Waals surface area contributed by atoms with Gasteiger partial charge in [-0.15, -0.1) is 0 Å². The van der Waals surface area contributed by atoms with Crippen molar-refractivity contribution in [2.24, 2.45) is 0 Å². The molecule has 0 bridgehead atoms. The highest BCUT2D eigenvalue weighted by molar-refractivity contribution is 6.05. The van der Waals surface area contributed by atoms with E-state index >= 15 is 0 Å². The van der Waals surface area contributed by atoms with E-state index in [0.717, 1.165) is 22.0 Å². The molecule has 1 unspecified atom stereocenters. The third-order valence-electron chi connectivity index (χ3n) is 4.39. The number of ether oxygens (including phenoxy) is 1. The van der Waals surface area contributed by atoms with Gasteiger partial charge in [-0.1, -0.05) is 66.7 Å². The summed E-state index contributed by atoms with van der Waals surface area (Å²) < 4.78 is 5.17. The number of carbonyl (C=O) groups is 2. The molecule has 28 heavy (non-hydrogen) atoms. The van der Waals surface area contributed by atoms with E-state index in [9.17, 15) is 9.59 Å². The molecule has 144 valence electrons. The second kappa shape index (κ2) is 8.57. The van der Waals surface area contributed by atoms with Gasteiger partial charge < -0.3 is 15.4 Å². The Morgan fingerprint density at radius 1 is 0.893 bits per heavy atom. The summed E-state index contributed by atoms with van der Waals surface area (Å²) in [6.07, 6.45) is -0.909. The van der Waals surface area contributed by atoms with E-state index in [-0.39, 0.29) is 12.0 Å². The summed E-state index contributed by atoms with van der Waals surface area (Å²) in [6, 6.07) is 20.1. The first-order valence-corrected chi connectivity index (χ1v) is 9.27. The molecule has 3 aromatic rings. The number of fused-ring (bicyclic) bond motifs is 1. The molecule has 5 heteroatoms. The molecule has 0 saturated carbocycles. The maximum Gasteiger partial charge on any atom is 0.408 e. The van der Waals surface area contributed by atoms with Gasteiger partial charge in [0.1, 0.15) is 6.04 Å². The third-order valence-corrected chi connectivity index (χ3v) is 4.39. The van der Waals surface area contributed by atoms with Crippen LogP contribution in [-0.2, 0) is 9.53 Å². The molecular weight excluding hydrogens is 352 g/mol. The molecule has 2 amide bonds. The van der Waals surface area contributed by atoms with E-state index in [4.69, 9.17) is 4.74 Å². The monoisotopic (exact) mass is 376 g/mol. The van der Waals surface area contributed by atoms with Crippen LogP contribution in [0.3, 0.4) is 0 Å². The fraction of sp³-hybridized carbons (Fsp3) is 0.217. The Morgan fingerprint density at radius 2 is 1.57 bits per heavy atom. The number of benzene rings is 3. The molecule has 0 aliphatic heterocycles. The number of carbonyl (C=O) groups excluding carboxylic acids is 2. The highest BCUT2D eigenvalue weighted by Crippen LogP contribution is 2.28. The normalized spacial score (nSPS) is 11.9. The number of hydrogen-bond donors (Lipinski definition) is 2. The number of anilines is 1. The maximum atomic E-state index is 13.1. The number of alkyl carbamates (subject to hydrolysis) is 1. The Kier molecular flexibility index (Phi) is 5.94. The first-order valence-electron chi connectivity index (χ1n) is 9.27. The zero-order valence-corrected chi connectivity index (χ0v) is 16.2. The number of hydrogen-bond acceptors (Lipinski definition) is 3. The predicted octanol–water partition coefficient (Wildman–Crippen LogP) is 4.96. The Balaban J connectivity index is 1.92. The summed E-state index contributed by atoms with van der Waals surface area (Å²) in [6.45, 7) is 5.47. The standard InChI is InChI=1S/C23H24N2O3/c1-15(2)28-23(27)25-21(18-10-5-4-6-11-18)22(26)24-20-16(3)13-14-17-9-7-8-12-19(17)20/h4-15,21H,1-3H3,(H,24,26)(H,25,27). The third kappa shape index (κ3) is 4.49. The van der Waals surface area contributed by atoms with Gasteiger partial charge in [0, 0.05) is 5.39 Å². The minimum Gasteiger partial charge on any atom is -0.447 e. The van der Waals surface area contributed by atoms with Crippen molar-refractivity contribution in [1.82, 2.24) is 5.32 Å². The summed E-state index contributed by atoms with van der Waals surface area (Å²) >= 11 is 0. The van der Waals surface area contributed by atoms with Crippen LogP contribution >= 0.6 is 0 Å². The van der Waals surface area contributed by atoms with Crippen LogP contribution in [0.25, 0.3) is 10.8 Å². The van der Waals surface area contributed by atoms with Crippen LogP contribution < -0.4 is 10.6 Å². The van der Waals surface area contributed by atoms with E-state index in [1.165, 1.54) is 0 Å². The van der Waals surface area contributed by atoms with Crippen LogP contribution in [0.5, 0.6) is 0 Å². The van der Waals surface area contributed by atoms with Gasteiger partial charge in [0.05, 0.1) is 11.8 Å². The number of aryl methyl sites for hydroxylation is 1. The van der Waals surface area contributed by atoms with Crippen molar-refractivity contribution in [1.29, 1.82) is 0 Å². The Labute approximate surface area is 164 Å². The van der Waals surface area contributed by atoms with Crippen molar-refractivity contribution >= 4 is 28.5 Å². The van der Waals surface area contributed by atoms with Gasteiger partial charge in [0.25, 0.3) is 5.91 Å². The largest absolute Gasteiger partial charge is 0.447 e. The molecule has 0 radical (unpaired) electrons. The van der Waals surface area contributed by atoms with Gasteiger partial charge in [-0.25, -0.2) is 4.79 Å². The Morgan fingerprint density at radius 3 is 2.29 bits per heavy atom. The topological polar surface area (TPSA) is 67.4 Å². The van der Waals surface area contributed by atoms with Crippen molar-refractivity contribution in [2.45, 2.75) is 32.9 Å². The van der Waals surface area contributed by atoms with Crippen LogP contribution in [0.1, 0.15) is 31.0 Å². The molecule has 0 heterocycles. The lowest BCUT2D eigenvalue weighted by Crippen LogP contribution is -2.38. The zero-order chi connectivity index (χ0) is 20.1. The van der Waals surface area contributed by atoms with E-state index in [0.29, 0.717) is 5.56 Å². The molecule has 0 aliphatic rings. The van der Waals surface area contributed by atoms with Gasteiger partial charge in [-0.05, 0) is 37.3 Å². The first-order chi connectivity index (χ1) is 13.5. The maximum absolute atomic E-state index is 13.1. The van der Waals surface area contributed by atoms with E-state index in [1.807, 2.05) is 61.5 Å². The average Bonchev–Trinajstić information content (AvgIpc) is 2.68. The van der Waals surface area contributed by atoms with Crippen LogP contribution in [0.4, 0.5) is 10.5 Å². The van der Waals surface area contributed by atoms with Crippen LogP contribution in [0.2, 0.25) is 0 Å². The lowest BCUT2D eigenvalue weighted by atomic mass is 10.0. The highest BCUT2D eigenvalue weighted by Gasteiger charge is 2.24. The molecule has 3 rings (SSSR count). The quantitative estimate of drug-likeness (QED) is 0.661. The molecule has 0 fully saturated rings. The van der Waals surface area contributed by atoms with Gasteiger partial charge in [0.15, 0.2) is 0 Å². The van der Waals surface area contributed by atoms with Gasteiger partial charge in [-0.3, -0.25) is 4.79 Å². The first kappa shape index (κ1) is 19.4. The zero-order valence-electron chi connectivity index (χ0n) is 16.2. The summed E-state index contributed by atoms with van der Waals surface area (Å²) in [5.41, 5.74) is 2.37. The molecule has 0 aliphatic carbocycles. The van der Waals surface area contributed by atoms with E-state index in [1.54, 1.807) is 26.0 Å². The lowest BCUT2D eigenvalue weighted by Gasteiger charge is -2.21. The minimum atomic E-state index is -0.870. The van der Waals surface area contributed by atoms with Crippen molar-refractivity contribution in [3.8, 4) is 0 Å². The second-order valence-corrected chi connectivity index (χ2v) is 6.91. The molecule has 0 spiro atoms. The van der Waals surface area contributed by atoms with E-state index in [2.05, 4.69) is 10.6 Å². The smallest absolute Gasteiger partial charge is 0.408 e.